The molecule has 0 amide bonds. The van der Waals surface area contributed by atoms with Gasteiger partial charge in [-0.2, -0.15) is 13.2 Å². The third-order valence-electron chi connectivity index (χ3n) is 5.79. The molecule has 13 heteroatoms. The van der Waals surface area contributed by atoms with Crippen LogP contribution >= 0.6 is 0 Å². The molecule has 0 spiro atoms. The molecule has 192 valence electrons. The summed E-state index contributed by atoms with van der Waals surface area (Å²) in [7, 11) is -3.23. The van der Waals surface area contributed by atoms with Crippen molar-refractivity contribution < 1.29 is 21.6 Å². The largest absolute Gasteiger partial charge is 0.406 e. The molecule has 0 atom stereocenters. The van der Waals surface area contributed by atoms with E-state index in [0.717, 1.165) is 16.4 Å². The number of aryl methyl sites for hydroxylation is 1. The lowest BCUT2D eigenvalue weighted by molar-refractivity contribution is -0.141. The second-order valence-corrected chi connectivity index (χ2v) is 10.8. The standard InChI is InChI=1S/C23H24F3N5O4S/c1-36(34,35)10-4-9-29-19-8-7-15(12-27)11-17(19)28-20(29)13-30-18-6-3-2-5-16(18)21(32)31(22(30)33)14-23(24,25)26/h2-3,5-8,11H,4,9-10,12-14,27H2,1H3. The van der Waals surface area contributed by atoms with Crippen LogP contribution in [0.1, 0.15) is 17.8 Å². The maximum Gasteiger partial charge on any atom is 0.406 e. The van der Waals surface area contributed by atoms with E-state index in [0.29, 0.717) is 16.9 Å². The van der Waals surface area contributed by atoms with E-state index in [1.54, 1.807) is 28.8 Å². The molecule has 0 saturated heterocycles. The summed E-state index contributed by atoms with van der Waals surface area (Å²) in [6, 6.07) is 11.3. The van der Waals surface area contributed by atoms with Gasteiger partial charge in [0.25, 0.3) is 5.56 Å². The Hall–Kier alpha value is -3.45. The first kappa shape index (κ1) is 25.6. The first-order chi connectivity index (χ1) is 16.9. The quantitative estimate of drug-likeness (QED) is 0.377. The number of sulfone groups is 1. The molecule has 4 rings (SSSR count). The molecule has 2 heterocycles. The monoisotopic (exact) mass is 523 g/mol. The van der Waals surface area contributed by atoms with Crippen LogP contribution < -0.4 is 17.0 Å². The van der Waals surface area contributed by atoms with Gasteiger partial charge < -0.3 is 10.3 Å². The van der Waals surface area contributed by atoms with E-state index in [4.69, 9.17) is 5.73 Å². The number of hydrogen-bond donors (Lipinski definition) is 1. The van der Waals surface area contributed by atoms with Crippen molar-refractivity contribution in [2.45, 2.75) is 38.8 Å². The third kappa shape index (κ3) is 5.36. The molecule has 0 unspecified atom stereocenters. The number of imidazole rings is 1. The Bertz CT molecular complexity index is 1670. The van der Waals surface area contributed by atoms with Crippen molar-refractivity contribution >= 4 is 31.8 Å². The van der Waals surface area contributed by atoms with Crippen molar-refractivity contribution in [1.29, 1.82) is 0 Å². The molecule has 0 aliphatic carbocycles. The highest BCUT2D eigenvalue weighted by Crippen LogP contribution is 2.21. The van der Waals surface area contributed by atoms with Crippen molar-refractivity contribution in [3.8, 4) is 0 Å². The molecule has 0 radical (unpaired) electrons. The molecule has 0 aliphatic rings. The number of halogens is 3. The average Bonchev–Trinajstić information content (AvgIpc) is 3.14. The Morgan fingerprint density at radius 1 is 1.00 bits per heavy atom. The van der Waals surface area contributed by atoms with Gasteiger partial charge in [0.2, 0.25) is 0 Å². The molecule has 2 aromatic heterocycles. The van der Waals surface area contributed by atoms with Crippen LogP contribution in [-0.4, -0.2) is 45.3 Å². The maximum atomic E-state index is 13.2. The Kier molecular flexibility index (Phi) is 6.80. The second-order valence-electron chi connectivity index (χ2n) is 8.58. The number of fused-ring (bicyclic) bond motifs is 2. The zero-order valence-corrected chi connectivity index (χ0v) is 20.1. The summed E-state index contributed by atoms with van der Waals surface area (Å²) in [6.45, 7) is -1.45. The molecule has 2 N–H and O–H groups in total. The lowest BCUT2D eigenvalue weighted by Gasteiger charge is -2.16. The van der Waals surface area contributed by atoms with Gasteiger partial charge in [0.15, 0.2) is 0 Å². The van der Waals surface area contributed by atoms with Crippen LogP contribution in [0, 0.1) is 0 Å². The van der Waals surface area contributed by atoms with Crippen molar-refractivity contribution in [1.82, 2.24) is 18.7 Å². The van der Waals surface area contributed by atoms with Crippen molar-refractivity contribution in [2.24, 2.45) is 5.73 Å². The minimum Gasteiger partial charge on any atom is -0.326 e. The molecule has 9 nitrogen and oxygen atoms in total. The normalized spacial score (nSPS) is 12.6. The van der Waals surface area contributed by atoms with Gasteiger partial charge in [0.1, 0.15) is 22.2 Å². The van der Waals surface area contributed by atoms with E-state index in [1.807, 2.05) is 0 Å². The van der Waals surface area contributed by atoms with Gasteiger partial charge in [-0.1, -0.05) is 18.2 Å². The predicted molar refractivity (Wildman–Crippen MR) is 130 cm³/mol. The summed E-state index contributed by atoms with van der Waals surface area (Å²) in [5.74, 6) is 0.254. The molecule has 0 fully saturated rings. The fraction of sp³-hybridized carbons (Fsp3) is 0.348. The number of benzene rings is 2. The van der Waals surface area contributed by atoms with Gasteiger partial charge in [0, 0.05) is 19.3 Å². The van der Waals surface area contributed by atoms with Gasteiger partial charge in [-0.05, 0) is 36.2 Å². The van der Waals surface area contributed by atoms with Gasteiger partial charge in [-0.3, -0.25) is 13.9 Å². The van der Waals surface area contributed by atoms with E-state index in [9.17, 15) is 31.2 Å². The number of alkyl halides is 3. The molecule has 0 saturated carbocycles. The van der Waals surface area contributed by atoms with E-state index < -0.39 is 33.8 Å². The Morgan fingerprint density at radius 3 is 2.39 bits per heavy atom. The molecule has 4 aromatic rings. The highest BCUT2D eigenvalue weighted by molar-refractivity contribution is 7.90. The number of nitrogens with two attached hydrogens (primary N) is 1. The molecule has 0 bridgehead atoms. The zero-order valence-electron chi connectivity index (χ0n) is 19.3. The number of hydrogen-bond acceptors (Lipinski definition) is 6. The summed E-state index contributed by atoms with van der Waals surface area (Å²) in [5.41, 5.74) is 5.77. The summed E-state index contributed by atoms with van der Waals surface area (Å²) in [5, 5.41) is -0.0356. The minimum atomic E-state index is -4.78. The zero-order chi connectivity index (χ0) is 26.3. The highest BCUT2D eigenvalue weighted by Gasteiger charge is 2.31. The topological polar surface area (TPSA) is 122 Å². The van der Waals surface area contributed by atoms with Crippen LogP contribution in [0.25, 0.3) is 21.9 Å². The Morgan fingerprint density at radius 2 is 1.72 bits per heavy atom. The Labute approximate surface area is 203 Å². The number of nitrogens with zero attached hydrogens (tertiary/aromatic N) is 4. The van der Waals surface area contributed by atoms with Crippen molar-refractivity contribution in [3.63, 3.8) is 0 Å². The first-order valence-corrected chi connectivity index (χ1v) is 13.1. The minimum absolute atomic E-state index is 0.0356. The lowest BCUT2D eigenvalue weighted by atomic mass is 10.2. The van der Waals surface area contributed by atoms with Crippen molar-refractivity contribution in [2.75, 3.05) is 12.0 Å². The van der Waals surface area contributed by atoms with Crippen LogP contribution in [0.2, 0.25) is 0 Å². The molecular weight excluding hydrogens is 499 g/mol. The van der Waals surface area contributed by atoms with E-state index in [2.05, 4.69) is 4.98 Å². The summed E-state index contributed by atoms with van der Waals surface area (Å²) < 4.78 is 65.9. The van der Waals surface area contributed by atoms with E-state index in [1.165, 1.54) is 18.2 Å². The summed E-state index contributed by atoms with van der Waals surface area (Å²) >= 11 is 0. The SMILES string of the molecule is CS(=O)(=O)CCCn1c(Cn2c(=O)n(CC(F)(F)F)c(=O)c3ccccc32)nc2cc(CN)ccc21. The highest BCUT2D eigenvalue weighted by atomic mass is 32.2. The Balaban J connectivity index is 1.89. The fourth-order valence-electron chi connectivity index (χ4n) is 4.19. The van der Waals surface area contributed by atoms with Crippen molar-refractivity contribution in [3.05, 3.63) is 74.7 Å². The van der Waals surface area contributed by atoms with E-state index >= 15 is 0 Å². The van der Waals surface area contributed by atoms with Crippen LogP contribution in [0.3, 0.4) is 0 Å². The van der Waals surface area contributed by atoms with Gasteiger partial charge in [-0.25, -0.2) is 18.2 Å². The second kappa shape index (κ2) is 9.54. The molecule has 36 heavy (non-hydrogen) atoms. The molecular formula is C23H24F3N5O4S. The van der Waals surface area contributed by atoms with Crippen LogP contribution in [0.15, 0.2) is 52.1 Å². The number of para-hydroxylation sites is 1. The fourth-order valence-corrected chi connectivity index (χ4v) is 4.84. The first-order valence-electron chi connectivity index (χ1n) is 11.0. The number of aromatic nitrogens is 4. The third-order valence-corrected chi connectivity index (χ3v) is 6.82. The lowest BCUT2D eigenvalue weighted by Crippen LogP contribution is -2.43. The summed E-state index contributed by atoms with van der Waals surface area (Å²) in [6.07, 6.45) is -3.39. The molecule has 0 aliphatic heterocycles. The summed E-state index contributed by atoms with van der Waals surface area (Å²) in [4.78, 5) is 30.5. The smallest absolute Gasteiger partial charge is 0.326 e. The van der Waals surface area contributed by atoms with Gasteiger partial charge in [0.05, 0.1) is 34.2 Å². The molecule has 2 aromatic carbocycles. The number of rotatable bonds is 8. The van der Waals surface area contributed by atoms with Gasteiger partial charge >= 0.3 is 11.9 Å². The average molecular weight is 524 g/mol. The van der Waals surface area contributed by atoms with Crippen LogP contribution in [0.4, 0.5) is 13.2 Å². The van der Waals surface area contributed by atoms with Crippen LogP contribution in [-0.2, 0) is 36.0 Å². The van der Waals surface area contributed by atoms with Gasteiger partial charge in [-0.15, -0.1) is 0 Å². The van der Waals surface area contributed by atoms with E-state index in [-0.39, 0.29) is 47.3 Å². The van der Waals surface area contributed by atoms with Crippen LogP contribution in [0.5, 0.6) is 0 Å². The predicted octanol–water partition coefficient (Wildman–Crippen LogP) is 2.02. The maximum absolute atomic E-state index is 13.2.